The number of methoxy groups -OCH3 is 1. The van der Waals surface area contributed by atoms with Crippen molar-refractivity contribution in [3.8, 4) is 5.75 Å². The number of hydrogen-bond acceptors (Lipinski definition) is 12. The first-order chi connectivity index (χ1) is 32.9. The number of sulfonamides is 1. The number of cyclic esters (lactones) is 1. The Bertz CT molecular complexity index is 2220. The van der Waals surface area contributed by atoms with Crippen molar-refractivity contribution in [2.24, 2.45) is 4.99 Å². The number of imide groups is 1. The van der Waals surface area contributed by atoms with Gasteiger partial charge in [0.05, 0.1) is 49.3 Å². The maximum absolute atomic E-state index is 14.9. The Morgan fingerprint density at radius 1 is 0.750 bits per heavy atom. The summed E-state index contributed by atoms with van der Waals surface area (Å²) in [5, 5.41) is 2.94. The molecule has 16 heteroatoms. The fraction of sp³-hybridized carbons (Fsp3) is 0.577. The van der Waals surface area contributed by atoms with E-state index in [2.05, 4.69) is 12.2 Å². The van der Waals surface area contributed by atoms with Gasteiger partial charge in [-0.3, -0.25) is 13.9 Å². The highest BCUT2D eigenvalue weighted by atomic mass is 32.2. The molecule has 2 heterocycles. The second-order valence-corrected chi connectivity index (χ2v) is 20.8. The summed E-state index contributed by atoms with van der Waals surface area (Å²) in [5.41, 5.74) is -0.161. The lowest BCUT2D eigenvalue weighted by Gasteiger charge is -2.35. The van der Waals surface area contributed by atoms with E-state index < -0.39 is 39.6 Å². The van der Waals surface area contributed by atoms with Crippen molar-refractivity contribution in [2.75, 3.05) is 58.6 Å². The van der Waals surface area contributed by atoms with Crippen molar-refractivity contribution in [1.82, 2.24) is 9.21 Å². The van der Waals surface area contributed by atoms with E-state index in [1.54, 1.807) is 37.4 Å². The van der Waals surface area contributed by atoms with Crippen LogP contribution in [0.4, 0.5) is 16.2 Å². The van der Waals surface area contributed by atoms with E-state index in [4.69, 9.17) is 28.7 Å². The summed E-state index contributed by atoms with van der Waals surface area (Å²) >= 11 is 1.35. The number of anilines is 1. The molecule has 1 unspecified atom stereocenters. The molecule has 3 aromatic carbocycles. The molecule has 1 saturated heterocycles. The maximum atomic E-state index is 14.9. The van der Waals surface area contributed by atoms with Gasteiger partial charge in [-0.05, 0) is 69.2 Å². The van der Waals surface area contributed by atoms with Crippen LogP contribution in [0.15, 0.2) is 86.4 Å². The van der Waals surface area contributed by atoms with Crippen LogP contribution in [0.3, 0.4) is 0 Å². The first-order valence-corrected chi connectivity index (χ1v) is 26.9. The molecule has 14 nitrogen and oxygen atoms in total. The Morgan fingerprint density at radius 2 is 1.32 bits per heavy atom. The fourth-order valence-corrected chi connectivity index (χ4v) is 10.9. The Kier molecular flexibility index (Phi) is 22.6. The summed E-state index contributed by atoms with van der Waals surface area (Å²) in [7, 11) is -2.66. The number of para-hydroxylation sites is 2. The molecule has 3 amide bonds. The number of amides is 3. The number of rotatable bonds is 33. The number of hydrogen-bond donors (Lipinski definition) is 1. The van der Waals surface area contributed by atoms with Crippen LogP contribution in [0.2, 0.25) is 0 Å². The monoisotopic (exact) mass is 978 g/mol. The average Bonchev–Trinajstić information content (AvgIpc) is 3.51. The van der Waals surface area contributed by atoms with Crippen LogP contribution in [-0.2, 0) is 38.6 Å². The van der Waals surface area contributed by atoms with E-state index in [9.17, 15) is 22.8 Å². The van der Waals surface area contributed by atoms with Gasteiger partial charge in [-0.1, -0.05) is 145 Å². The number of nitrogens with one attached hydrogen (secondary N) is 1. The fourth-order valence-electron chi connectivity index (χ4n) is 8.15. The number of amidine groups is 1. The predicted molar refractivity (Wildman–Crippen MR) is 268 cm³/mol. The number of carbonyl (C=O) groups excluding carboxylic acids is 3. The third-order valence-electron chi connectivity index (χ3n) is 11.9. The minimum Gasteiger partial charge on any atom is -0.490 e. The molecule has 2 aliphatic rings. The minimum absolute atomic E-state index is 0.00598. The summed E-state index contributed by atoms with van der Waals surface area (Å²) in [6, 6.07) is 17.4. The number of fused-ring (bicyclic) bond motifs is 1. The lowest BCUT2D eigenvalue weighted by Crippen LogP contribution is -2.59. The Hall–Kier alpha value is -4.48. The van der Waals surface area contributed by atoms with Crippen molar-refractivity contribution in [2.45, 2.75) is 157 Å². The van der Waals surface area contributed by atoms with E-state index in [0.717, 1.165) is 40.4 Å². The van der Waals surface area contributed by atoms with E-state index in [-0.39, 0.29) is 29.6 Å². The number of nitrogens with zero attached hydrogens (tertiary/aromatic N) is 3. The minimum atomic E-state index is -4.28. The van der Waals surface area contributed by atoms with Gasteiger partial charge in [-0.15, -0.1) is 0 Å². The predicted octanol–water partition coefficient (Wildman–Crippen LogP) is 11.3. The van der Waals surface area contributed by atoms with Crippen molar-refractivity contribution in [3.63, 3.8) is 0 Å². The topological polar surface area (TPSA) is 162 Å². The third kappa shape index (κ3) is 16.0. The van der Waals surface area contributed by atoms with Gasteiger partial charge in [0, 0.05) is 18.6 Å². The average molecular weight is 979 g/mol. The molecule has 68 heavy (non-hydrogen) atoms. The Labute approximate surface area is 409 Å². The Balaban J connectivity index is 1.29. The first kappa shape index (κ1) is 54.5. The van der Waals surface area contributed by atoms with Crippen LogP contribution in [0.5, 0.6) is 5.75 Å². The summed E-state index contributed by atoms with van der Waals surface area (Å²) in [4.78, 5) is 49.5. The molecule has 3 aromatic rings. The highest BCUT2D eigenvalue weighted by Gasteiger charge is 2.55. The van der Waals surface area contributed by atoms with Crippen LogP contribution < -0.4 is 10.1 Å². The molecule has 0 aliphatic carbocycles. The van der Waals surface area contributed by atoms with Crippen molar-refractivity contribution in [3.05, 3.63) is 72.3 Å². The van der Waals surface area contributed by atoms with Gasteiger partial charge in [0.2, 0.25) is 0 Å². The zero-order valence-corrected chi connectivity index (χ0v) is 42.6. The molecule has 374 valence electrons. The third-order valence-corrected chi connectivity index (χ3v) is 14.9. The molecule has 0 radical (unpaired) electrons. The van der Waals surface area contributed by atoms with Crippen molar-refractivity contribution < 1.29 is 46.5 Å². The van der Waals surface area contributed by atoms with Crippen LogP contribution in [0.1, 0.15) is 129 Å². The molecule has 5 rings (SSSR count). The SMILES string of the molecule is CCCCCCCCCCCCCCCCCCN1C(C(C(=O)Nc2ccccc2Sc2cc(C)ccc2OCCOCCOCCOC)N2C(=O)OC(C)(C)C2=O)=Nc2ccccc2S1(=O)=O. The Morgan fingerprint density at radius 3 is 1.94 bits per heavy atom. The summed E-state index contributed by atoms with van der Waals surface area (Å²) in [6.07, 6.45) is 17.5. The van der Waals surface area contributed by atoms with Gasteiger partial charge < -0.3 is 29.0 Å². The van der Waals surface area contributed by atoms with Gasteiger partial charge in [-0.25, -0.2) is 23.1 Å². The number of ether oxygens (including phenoxy) is 5. The normalized spacial score (nSPS) is 15.5. The van der Waals surface area contributed by atoms with Gasteiger partial charge >= 0.3 is 6.09 Å². The van der Waals surface area contributed by atoms with Crippen LogP contribution in [-0.4, -0.2) is 106 Å². The van der Waals surface area contributed by atoms with Gasteiger partial charge in [0.25, 0.3) is 21.8 Å². The van der Waals surface area contributed by atoms with Crippen LogP contribution >= 0.6 is 11.8 Å². The lowest BCUT2D eigenvalue weighted by molar-refractivity contribution is -0.137. The highest BCUT2D eigenvalue weighted by Crippen LogP contribution is 2.40. The number of benzene rings is 3. The van der Waals surface area contributed by atoms with Crippen molar-refractivity contribution >= 4 is 56.9 Å². The van der Waals surface area contributed by atoms with Crippen LogP contribution in [0, 0.1) is 6.92 Å². The zero-order valence-electron chi connectivity index (χ0n) is 40.9. The number of carbonyl (C=O) groups is 3. The highest BCUT2D eigenvalue weighted by molar-refractivity contribution is 7.99. The molecule has 2 aliphatic heterocycles. The molecular formula is C52H74N4O10S2. The second kappa shape index (κ2) is 28.3. The van der Waals surface area contributed by atoms with E-state index >= 15 is 0 Å². The number of aryl methyl sites for hydroxylation is 1. The molecule has 0 aromatic heterocycles. The lowest BCUT2D eigenvalue weighted by atomic mass is 10.0. The van der Waals surface area contributed by atoms with Gasteiger partial charge in [-0.2, -0.15) is 0 Å². The molecule has 1 atom stereocenters. The summed E-state index contributed by atoms with van der Waals surface area (Å²) in [5.74, 6) is -1.28. The van der Waals surface area contributed by atoms with Crippen LogP contribution in [0.25, 0.3) is 0 Å². The van der Waals surface area contributed by atoms with Gasteiger partial charge in [0.15, 0.2) is 17.5 Å². The molecule has 1 N–H and O–H groups in total. The van der Waals surface area contributed by atoms with Gasteiger partial charge in [0.1, 0.15) is 17.3 Å². The second-order valence-electron chi connectivity index (χ2n) is 17.9. The van der Waals surface area contributed by atoms with E-state index in [1.165, 1.54) is 102 Å². The molecule has 0 spiro atoms. The number of aliphatic imine (C=N–C) groups is 1. The smallest absolute Gasteiger partial charge is 0.418 e. The molecule has 1 fully saturated rings. The van der Waals surface area contributed by atoms with E-state index in [1.807, 2.05) is 37.3 Å². The molecular weight excluding hydrogens is 905 g/mol. The van der Waals surface area contributed by atoms with Crippen molar-refractivity contribution in [1.29, 1.82) is 0 Å². The standard InChI is InChI=1S/C52H74N4O10S2/c1-6-7-8-9-10-11-12-13-14-15-16-17-18-19-20-25-32-55-48(53-42-27-22-24-29-46(42)68(55,60)61)47(56-50(58)52(3,4)66-51(56)59)49(57)54-41-26-21-23-28-44(41)67-45-39-40(2)30-31-43(45)65-38-37-64-36-35-63-34-33-62-5/h21-24,26-31,39,47H,6-20,25,32-38H2,1-5H3,(H,54,57). The van der Waals surface area contributed by atoms with E-state index in [0.29, 0.717) is 60.7 Å². The summed E-state index contributed by atoms with van der Waals surface area (Å²) < 4.78 is 58.0. The first-order valence-electron chi connectivity index (χ1n) is 24.6. The molecule has 0 saturated carbocycles. The largest absolute Gasteiger partial charge is 0.490 e. The summed E-state index contributed by atoms with van der Waals surface area (Å²) in [6.45, 7) is 9.57. The zero-order chi connectivity index (χ0) is 48.8. The quantitative estimate of drug-likeness (QED) is 0.0578. The molecule has 0 bridgehead atoms. The number of unbranched alkanes of at least 4 members (excludes halogenated alkanes) is 15. The maximum Gasteiger partial charge on any atom is 0.418 e.